The van der Waals surface area contributed by atoms with Crippen LogP contribution in [0, 0.1) is 5.92 Å². The summed E-state index contributed by atoms with van der Waals surface area (Å²) in [5.74, 6) is 0.763. The lowest BCUT2D eigenvalue weighted by Crippen LogP contribution is -2.41. The van der Waals surface area contributed by atoms with Crippen molar-refractivity contribution in [2.45, 2.75) is 57.4 Å². The first-order valence-electron chi connectivity index (χ1n) is 7.94. The third-order valence-electron chi connectivity index (χ3n) is 4.54. The summed E-state index contributed by atoms with van der Waals surface area (Å²) in [5.41, 5.74) is 0.971. The number of benzene rings is 1. The van der Waals surface area contributed by atoms with Crippen LogP contribution in [0.1, 0.15) is 44.1 Å². The molecule has 1 N–H and O–H groups in total. The van der Waals surface area contributed by atoms with Crippen molar-refractivity contribution in [3.8, 4) is 0 Å². The Kier molecular flexibility index (Phi) is 4.76. The van der Waals surface area contributed by atoms with Crippen molar-refractivity contribution in [1.29, 1.82) is 0 Å². The van der Waals surface area contributed by atoms with Crippen LogP contribution in [0.2, 0.25) is 0 Å². The molecule has 1 heterocycles. The van der Waals surface area contributed by atoms with Gasteiger partial charge in [0.2, 0.25) is 0 Å². The monoisotopic (exact) mass is 289 g/mol. The second kappa shape index (κ2) is 6.94. The molecule has 1 aliphatic heterocycles. The number of hydrogen-bond acceptors (Lipinski definition) is 4. The Morgan fingerprint density at radius 2 is 1.86 bits per heavy atom. The van der Waals surface area contributed by atoms with Gasteiger partial charge >= 0.3 is 6.16 Å². The molecule has 3 unspecified atom stereocenters. The third-order valence-corrected chi connectivity index (χ3v) is 4.54. The van der Waals surface area contributed by atoms with E-state index in [1.54, 1.807) is 0 Å². The van der Waals surface area contributed by atoms with Crippen molar-refractivity contribution in [2.75, 3.05) is 0 Å². The normalized spacial score (nSPS) is 28.5. The summed E-state index contributed by atoms with van der Waals surface area (Å²) in [4.78, 5) is 11.8. The lowest BCUT2D eigenvalue weighted by molar-refractivity contribution is 0.00212. The van der Waals surface area contributed by atoms with E-state index in [1.807, 2.05) is 30.3 Å². The molecule has 1 aromatic carbocycles. The largest absolute Gasteiger partial charge is 0.510 e. The van der Waals surface area contributed by atoms with Crippen LogP contribution >= 0.6 is 0 Å². The van der Waals surface area contributed by atoms with Crippen LogP contribution in [0.15, 0.2) is 30.3 Å². The number of rotatable bonds is 3. The lowest BCUT2D eigenvalue weighted by atomic mass is 9.99. The Balaban J connectivity index is 1.45. The van der Waals surface area contributed by atoms with Gasteiger partial charge in [-0.05, 0) is 43.6 Å². The SMILES string of the molecule is O=C(OCc1ccccc1)OC1CCCC2CCCC2N1. The first-order chi connectivity index (χ1) is 10.3. The second-order valence-corrected chi connectivity index (χ2v) is 6.03. The highest BCUT2D eigenvalue weighted by Crippen LogP contribution is 2.33. The van der Waals surface area contributed by atoms with Crippen LogP contribution in [-0.4, -0.2) is 18.4 Å². The van der Waals surface area contributed by atoms with Crippen molar-refractivity contribution < 1.29 is 14.3 Å². The molecule has 3 rings (SSSR count). The Morgan fingerprint density at radius 3 is 2.67 bits per heavy atom. The van der Waals surface area contributed by atoms with Crippen molar-refractivity contribution in [3.63, 3.8) is 0 Å². The zero-order chi connectivity index (χ0) is 14.5. The van der Waals surface area contributed by atoms with Crippen LogP contribution in [0.25, 0.3) is 0 Å². The van der Waals surface area contributed by atoms with Gasteiger partial charge < -0.3 is 9.47 Å². The molecule has 1 aliphatic carbocycles. The van der Waals surface area contributed by atoms with Crippen molar-refractivity contribution in [2.24, 2.45) is 5.92 Å². The fourth-order valence-electron chi connectivity index (χ4n) is 3.45. The third kappa shape index (κ3) is 3.97. The lowest BCUT2D eigenvalue weighted by Gasteiger charge is -2.22. The minimum absolute atomic E-state index is 0.193. The van der Waals surface area contributed by atoms with Crippen molar-refractivity contribution >= 4 is 6.16 Å². The van der Waals surface area contributed by atoms with E-state index in [9.17, 15) is 4.79 Å². The van der Waals surface area contributed by atoms with Gasteiger partial charge in [-0.3, -0.25) is 5.32 Å². The summed E-state index contributed by atoms with van der Waals surface area (Å²) >= 11 is 0. The minimum atomic E-state index is -0.576. The van der Waals surface area contributed by atoms with Gasteiger partial charge in [-0.2, -0.15) is 0 Å². The summed E-state index contributed by atoms with van der Waals surface area (Å²) in [5, 5.41) is 3.48. The number of ether oxygens (including phenoxy) is 2. The fraction of sp³-hybridized carbons (Fsp3) is 0.588. The summed E-state index contributed by atoms with van der Waals surface area (Å²) in [6.07, 6.45) is 6.27. The number of nitrogens with one attached hydrogen (secondary N) is 1. The zero-order valence-corrected chi connectivity index (χ0v) is 12.3. The Labute approximate surface area is 125 Å². The minimum Gasteiger partial charge on any atom is -0.429 e. The smallest absolute Gasteiger partial charge is 0.429 e. The average molecular weight is 289 g/mol. The van der Waals surface area contributed by atoms with Crippen LogP contribution in [0.3, 0.4) is 0 Å². The molecule has 21 heavy (non-hydrogen) atoms. The molecule has 0 aromatic heterocycles. The molecule has 4 heteroatoms. The molecule has 1 aromatic rings. The summed E-state index contributed by atoms with van der Waals surface area (Å²) in [6, 6.07) is 10.2. The van der Waals surface area contributed by atoms with E-state index in [0.29, 0.717) is 6.04 Å². The van der Waals surface area contributed by atoms with Gasteiger partial charge in [0.15, 0.2) is 6.23 Å². The highest BCUT2D eigenvalue weighted by atomic mass is 16.7. The average Bonchev–Trinajstić information content (AvgIpc) is 2.85. The molecule has 2 fully saturated rings. The molecule has 0 amide bonds. The summed E-state index contributed by atoms with van der Waals surface area (Å²) in [7, 11) is 0. The Bertz CT molecular complexity index is 462. The van der Waals surface area contributed by atoms with E-state index in [1.165, 1.54) is 25.7 Å². The van der Waals surface area contributed by atoms with Gasteiger partial charge in [-0.25, -0.2) is 4.79 Å². The van der Waals surface area contributed by atoms with Gasteiger partial charge in [-0.15, -0.1) is 0 Å². The molecule has 0 spiro atoms. The Morgan fingerprint density at radius 1 is 1.10 bits per heavy atom. The maximum atomic E-state index is 11.8. The van der Waals surface area contributed by atoms with E-state index < -0.39 is 6.16 Å². The van der Waals surface area contributed by atoms with Crippen LogP contribution < -0.4 is 5.32 Å². The molecule has 3 atom stereocenters. The first-order valence-corrected chi connectivity index (χ1v) is 7.94. The highest BCUT2D eigenvalue weighted by Gasteiger charge is 2.32. The fourth-order valence-corrected chi connectivity index (χ4v) is 3.45. The standard InChI is InChI=1S/C17H23NO3/c19-17(20-12-13-6-2-1-3-7-13)21-16-11-5-9-14-8-4-10-15(14)18-16/h1-3,6-7,14-16,18H,4-5,8-12H2. The predicted octanol–water partition coefficient (Wildman–Crippen LogP) is 3.61. The zero-order valence-electron chi connectivity index (χ0n) is 12.3. The highest BCUT2D eigenvalue weighted by molar-refractivity contribution is 5.60. The van der Waals surface area contributed by atoms with E-state index in [2.05, 4.69) is 5.32 Å². The van der Waals surface area contributed by atoms with Crippen LogP contribution in [-0.2, 0) is 16.1 Å². The van der Waals surface area contributed by atoms with Gasteiger partial charge in [0.25, 0.3) is 0 Å². The number of hydrogen-bond donors (Lipinski definition) is 1. The molecule has 0 bridgehead atoms. The molecule has 0 radical (unpaired) electrons. The van der Waals surface area contributed by atoms with Crippen LogP contribution in [0.5, 0.6) is 0 Å². The van der Waals surface area contributed by atoms with Gasteiger partial charge in [0, 0.05) is 6.04 Å². The first kappa shape index (κ1) is 14.4. The van der Waals surface area contributed by atoms with Crippen molar-refractivity contribution in [3.05, 3.63) is 35.9 Å². The molecular weight excluding hydrogens is 266 g/mol. The number of carbonyl (C=O) groups is 1. The quantitative estimate of drug-likeness (QED) is 0.864. The van der Waals surface area contributed by atoms with Gasteiger partial charge in [0.05, 0.1) is 0 Å². The summed E-state index contributed by atoms with van der Waals surface area (Å²) in [6.45, 7) is 0.262. The van der Waals surface area contributed by atoms with E-state index in [0.717, 1.165) is 24.3 Å². The van der Waals surface area contributed by atoms with Gasteiger partial charge in [-0.1, -0.05) is 36.8 Å². The van der Waals surface area contributed by atoms with E-state index in [-0.39, 0.29) is 12.8 Å². The predicted molar refractivity (Wildman–Crippen MR) is 79.6 cm³/mol. The van der Waals surface area contributed by atoms with Crippen molar-refractivity contribution in [1.82, 2.24) is 5.32 Å². The molecule has 1 saturated heterocycles. The number of carbonyl (C=O) groups excluding carboxylic acids is 1. The van der Waals surface area contributed by atoms with Crippen LogP contribution in [0.4, 0.5) is 4.79 Å². The van der Waals surface area contributed by atoms with E-state index >= 15 is 0 Å². The topological polar surface area (TPSA) is 47.6 Å². The maximum absolute atomic E-state index is 11.8. The molecule has 2 aliphatic rings. The second-order valence-electron chi connectivity index (χ2n) is 6.03. The van der Waals surface area contributed by atoms with Gasteiger partial charge in [0.1, 0.15) is 6.61 Å². The maximum Gasteiger partial charge on any atom is 0.510 e. The molecule has 114 valence electrons. The number of fused-ring (bicyclic) bond motifs is 1. The molecule has 4 nitrogen and oxygen atoms in total. The molecular formula is C17H23NO3. The van der Waals surface area contributed by atoms with E-state index in [4.69, 9.17) is 9.47 Å². The summed E-state index contributed by atoms with van der Waals surface area (Å²) < 4.78 is 10.6. The Hall–Kier alpha value is -1.55. The molecule has 1 saturated carbocycles.